The van der Waals surface area contributed by atoms with Crippen molar-refractivity contribution in [3.8, 4) is 0 Å². The van der Waals surface area contributed by atoms with Crippen molar-refractivity contribution in [1.29, 1.82) is 0 Å². The smallest absolute Gasteiger partial charge is 0.320 e. The summed E-state index contributed by atoms with van der Waals surface area (Å²) >= 11 is 1.62. The van der Waals surface area contributed by atoms with Crippen molar-refractivity contribution >= 4 is 55.7 Å². The maximum atomic E-state index is 13.4. The molecule has 0 radical (unpaired) electrons. The van der Waals surface area contributed by atoms with Gasteiger partial charge in [-0.1, -0.05) is 12.2 Å². The number of carbonyl (C=O) groups excluding carboxylic acids is 1. The van der Waals surface area contributed by atoms with E-state index in [1.54, 1.807) is 17.7 Å². The summed E-state index contributed by atoms with van der Waals surface area (Å²) in [6, 6.07) is 8.85. The number of anilines is 2. The van der Waals surface area contributed by atoms with E-state index in [9.17, 15) is 4.79 Å². The number of piperazine rings is 1. The number of hydrogen-bond acceptors (Lipinski definition) is 7. The van der Waals surface area contributed by atoms with Crippen LogP contribution in [0.15, 0.2) is 54.8 Å². The molecule has 1 unspecified atom stereocenters. The third-order valence-corrected chi connectivity index (χ3v) is 8.36. The quantitative estimate of drug-likeness (QED) is 0.350. The average Bonchev–Trinajstić information content (AvgIpc) is 3.58. The summed E-state index contributed by atoms with van der Waals surface area (Å²) in [5.74, 6) is 0.758. The number of carbonyl (C=O) groups is 1. The van der Waals surface area contributed by atoms with E-state index in [1.807, 2.05) is 33.5 Å². The van der Waals surface area contributed by atoms with Crippen LogP contribution in [0, 0.1) is 0 Å². The van der Waals surface area contributed by atoms with Crippen molar-refractivity contribution in [3.63, 3.8) is 0 Å². The Morgan fingerprint density at radius 1 is 1.21 bits per heavy atom. The summed E-state index contributed by atoms with van der Waals surface area (Å²) in [4.78, 5) is 36.5. The van der Waals surface area contributed by atoms with Crippen LogP contribution in [0.25, 0.3) is 26.8 Å². The van der Waals surface area contributed by atoms with Crippen LogP contribution in [-0.2, 0) is 0 Å². The number of H-pyrrole nitrogens is 1. The zero-order chi connectivity index (χ0) is 26.2. The number of thiazole rings is 1. The van der Waals surface area contributed by atoms with Crippen LogP contribution in [0.1, 0.15) is 26.0 Å². The lowest BCUT2D eigenvalue weighted by molar-refractivity contribution is 0.0570. The van der Waals surface area contributed by atoms with E-state index in [1.165, 1.54) is 5.57 Å². The molecule has 2 aliphatic heterocycles. The molecule has 0 spiro atoms. The molecule has 6 rings (SSSR count). The monoisotopic (exact) mass is 528 g/mol. The number of aromatic amines is 1. The van der Waals surface area contributed by atoms with Crippen LogP contribution >= 0.6 is 11.3 Å². The Morgan fingerprint density at radius 3 is 2.92 bits per heavy atom. The van der Waals surface area contributed by atoms with Crippen LogP contribution in [0.3, 0.4) is 0 Å². The van der Waals surface area contributed by atoms with E-state index < -0.39 is 0 Å². The molecule has 0 saturated carbocycles. The molecule has 2 atom stereocenters. The Hall–Kier alpha value is -3.76. The van der Waals surface area contributed by atoms with Gasteiger partial charge >= 0.3 is 6.03 Å². The second-order valence-electron chi connectivity index (χ2n) is 10.1. The van der Waals surface area contributed by atoms with Crippen LogP contribution in [0.2, 0.25) is 0 Å². The van der Waals surface area contributed by atoms with E-state index >= 15 is 0 Å². The molecular formula is C28H32N8OS. The summed E-state index contributed by atoms with van der Waals surface area (Å²) in [5, 5.41) is 4.38. The molecule has 10 heteroatoms. The van der Waals surface area contributed by atoms with Gasteiger partial charge in [0.05, 0.1) is 21.1 Å². The first-order chi connectivity index (χ1) is 18.5. The second-order valence-corrected chi connectivity index (χ2v) is 11.0. The van der Waals surface area contributed by atoms with Crippen molar-refractivity contribution in [2.45, 2.75) is 32.4 Å². The molecule has 2 amide bonds. The molecule has 9 nitrogen and oxygen atoms in total. The lowest BCUT2D eigenvalue weighted by Gasteiger charge is -2.45. The number of nitrogens with zero attached hydrogens (tertiary/aromatic N) is 6. The number of fused-ring (bicyclic) bond motifs is 2. The normalized spacial score (nSPS) is 20.6. The Kier molecular flexibility index (Phi) is 6.59. The van der Waals surface area contributed by atoms with E-state index in [0.717, 1.165) is 64.5 Å². The van der Waals surface area contributed by atoms with Crippen LogP contribution in [0.4, 0.5) is 16.3 Å². The first-order valence-corrected chi connectivity index (χ1v) is 13.9. The fourth-order valence-corrected chi connectivity index (χ4v) is 6.15. The number of urea groups is 1. The van der Waals surface area contributed by atoms with Gasteiger partial charge in [-0.25, -0.2) is 19.7 Å². The van der Waals surface area contributed by atoms with Gasteiger partial charge in [0.1, 0.15) is 17.8 Å². The molecular weight excluding hydrogens is 496 g/mol. The van der Waals surface area contributed by atoms with Crippen LogP contribution in [0.5, 0.6) is 0 Å². The van der Waals surface area contributed by atoms with Gasteiger partial charge in [-0.2, -0.15) is 0 Å². The van der Waals surface area contributed by atoms with E-state index in [-0.39, 0.29) is 12.1 Å². The topological polar surface area (TPSA) is 93.3 Å². The molecule has 2 N–H and O–H groups in total. The van der Waals surface area contributed by atoms with E-state index in [4.69, 9.17) is 0 Å². The lowest BCUT2D eigenvalue weighted by atomic mass is 10.0. The van der Waals surface area contributed by atoms with Gasteiger partial charge in [-0.3, -0.25) is 4.90 Å². The number of hydrogen-bond donors (Lipinski definition) is 2. The predicted octanol–water partition coefficient (Wildman–Crippen LogP) is 5.10. The van der Waals surface area contributed by atoms with E-state index in [0.29, 0.717) is 19.1 Å². The Balaban J connectivity index is 1.16. The van der Waals surface area contributed by atoms with Gasteiger partial charge in [0.25, 0.3) is 0 Å². The van der Waals surface area contributed by atoms with Gasteiger partial charge in [0.2, 0.25) is 0 Å². The average molecular weight is 529 g/mol. The van der Waals surface area contributed by atoms with Gasteiger partial charge in [0, 0.05) is 56.2 Å². The number of benzene rings is 1. The summed E-state index contributed by atoms with van der Waals surface area (Å²) < 4.78 is 1.13. The molecule has 1 saturated heterocycles. The Morgan fingerprint density at radius 2 is 2.11 bits per heavy atom. The molecule has 0 aliphatic carbocycles. The minimum absolute atomic E-state index is 0.129. The zero-order valence-corrected chi connectivity index (χ0v) is 22.5. The fourth-order valence-electron chi connectivity index (χ4n) is 5.44. The van der Waals surface area contributed by atoms with Crippen molar-refractivity contribution in [1.82, 2.24) is 34.6 Å². The molecule has 4 aromatic rings. The van der Waals surface area contributed by atoms with Crippen molar-refractivity contribution in [2.24, 2.45) is 0 Å². The molecule has 0 bridgehead atoms. The highest BCUT2D eigenvalue weighted by Crippen LogP contribution is 2.31. The standard InChI is InChI=1S/C28H32N8OS/c1-4-9-35-14-19(3)36(15-18(35)2)28(37)34-10-7-20(8-11-34)24-13-22-26(29-16-30-27(22)33-24)32-21-5-6-23-25(12-21)38-17-31-23/h4-7,12-13,16-19H,1,8-11,14-15H2,2-3H3,(H2,29,30,32,33)/t18-,19?/m1/s1. The minimum atomic E-state index is 0.129. The Bertz CT molecular complexity index is 1520. The highest BCUT2D eigenvalue weighted by Gasteiger charge is 2.34. The second kappa shape index (κ2) is 10.2. The summed E-state index contributed by atoms with van der Waals surface area (Å²) in [7, 11) is 0. The molecule has 5 heterocycles. The highest BCUT2D eigenvalue weighted by atomic mass is 32.1. The largest absolute Gasteiger partial charge is 0.340 e. The number of aromatic nitrogens is 4. The van der Waals surface area contributed by atoms with Crippen molar-refractivity contribution < 1.29 is 4.79 Å². The molecule has 2 aliphatic rings. The van der Waals surface area contributed by atoms with Gasteiger partial charge in [-0.15, -0.1) is 17.9 Å². The molecule has 1 fully saturated rings. The van der Waals surface area contributed by atoms with Gasteiger partial charge in [-0.05, 0) is 50.1 Å². The van der Waals surface area contributed by atoms with Crippen molar-refractivity contribution in [3.05, 3.63) is 60.5 Å². The zero-order valence-electron chi connectivity index (χ0n) is 21.7. The SMILES string of the molecule is C=CCN1CC(C)N(C(=O)N2CC=C(c3cc4c(Nc5ccc6ncsc6c5)ncnc4[nH]3)CC2)C[C@H]1C. The number of amides is 2. The van der Waals surface area contributed by atoms with Crippen LogP contribution < -0.4 is 5.32 Å². The Labute approximate surface area is 225 Å². The third kappa shape index (κ3) is 4.65. The number of nitrogens with one attached hydrogen (secondary N) is 2. The maximum absolute atomic E-state index is 13.4. The molecule has 38 heavy (non-hydrogen) atoms. The predicted molar refractivity (Wildman–Crippen MR) is 154 cm³/mol. The van der Waals surface area contributed by atoms with Crippen LogP contribution in [-0.4, -0.2) is 85.5 Å². The van der Waals surface area contributed by atoms with E-state index in [2.05, 4.69) is 68.8 Å². The molecule has 1 aromatic carbocycles. The maximum Gasteiger partial charge on any atom is 0.320 e. The minimum Gasteiger partial charge on any atom is -0.340 e. The fraction of sp³-hybridized carbons (Fsp3) is 0.357. The summed E-state index contributed by atoms with van der Waals surface area (Å²) in [5.41, 5.74) is 6.82. The number of rotatable bonds is 5. The van der Waals surface area contributed by atoms with Gasteiger partial charge < -0.3 is 20.1 Å². The first-order valence-electron chi connectivity index (χ1n) is 13.0. The van der Waals surface area contributed by atoms with Crippen molar-refractivity contribution in [2.75, 3.05) is 38.0 Å². The lowest BCUT2D eigenvalue weighted by Crippen LogP contribution is -2.60. The highest BCUT2D eigenvalue weighted by molar-refractivity contribution is 7.16. The summed E-state index contributed by atoms with van der Waals surface area (Å²) in [6.07, 6.45) is 6.46. The third-order valence-electron chi connectivity index (χ3n) is 7.57. The summed E-state index contributed by atoms with van der Waals surface area (Å²) in [6.45, 7) is 12.0. The molecule has 3 aromatic heterocycles. The van der Waals surface area contributed by atoms with Gasteiger partial charge in [0.15, 0.2) is 0 Å². The first kappa shape index (κ1) is 24.6. The molecule has 196 valence electrons.